The number of aryl methyl sites for hydroxylation is 1. The Hall–Kier alpha value is -2.97. The Labute approximate surface area is 170 Å². The zero-order valence-electron chi connectivity index (χ0n) is 16.7. The molecule has 1 aromatic carbocycles. The predicted molar refractivity (Wildman–Crippen MR) is 113 cm³/mol. The third-order valence-electron chi connectivity index (χ3n) is 5.06. The Morgan fingerprint density at radius 3 is 2.69 bits per heavy atom. The molecule has 152 valence electrons. The third-order valence-corrected chi connectivity index (χ3v) is 5.06. The van der Waals surface area contributed by atoms with Gasteiger partial charge in [0.15, 0.2) is 0 Å². The number of benzene rings is 1. The Morgan fingerprint density at radius 1 is 1.17 bits per heavy atom. The molecule has 8 nitrogen and oxygen atoms in total. The van der Waals surface area contributed by atoms with Gasteiger partial charge in [0.05, 0.1) is 31.1 Å². The number of morpholine rings is 1. The van der Waals surface area contributed by atoms with E-state index < -0.39 is 0 Å². The SMILES string of the molecule is CCn1cc(-c2cc(N[C@H](CN3CCOCC3)c3ccccc3)nc(N)n2)cn1. The van der Waals surface area contributed by atoms with E-state index in [4.69, 9.17) is 10.5 Å². The Morgan fingerprint density at radius 2 is 1.97 bits per heavy atom. The van der Waals surface area contributed by atoms with Crippen LogP contribution in [0.2, 0.25) is 0 Å². The van der Waals surface area contributed by atoms with Crippen molar-refractivity contribution in [1.82, 2.24) is 24.6 Å². The summed E-state index contributed by atoms with van der Waals surface area (Å²) >= 11 is 0. The average molecular weight is 393 g/mol. The van der Waals surface area contributed by atoms with E-state index in [-0.39, 0.29) is 12.0 Å². The number of hydrogen-bond acceptors (Lipinski definition) is 7. The molecular formula is C21H27N7O. The number of hydrogen-bond donors (Lipinski definition) is 2. The van der Waals surface area contributed by atoms with Crippen molar-refractivity contribution >= 4 is 11.8 Å². The fraction of sp³-hybridized carbons (Fsp3) is 0.381. The van der Waals surface area contributed by atoms with Crippen LogP contribution in [0.15, 0.2) is 48.8 Å². The summed E-state index contributed by atoms with van der Waals surface area (Å²) in [6, 6.07) is 12.4. The van der Waals surface area contributed by atoms with Crippen LogP contribution in [0, 0.1) is 0 Å². The lowest BCUT2D eigenvalue weighted by Gasteiger charge is -2.31. The van der Waals surface area contributed by atoms with Crippen LogP contribution in [-0.4, -0.2) is 57.5 Å². The summed E-state index contributed by atoms with van der Waals surface area (Å²) in [5, 5.41) is 7.91. The second-order valence-electron chi connectivity index (χ2n) is 7.10. The molecule has 1 saturated heterocycles. The highest BCUT2D eigenvalue weighted by molar-refractivity contribution is 5.63. The number of nitrogens with one attached hydrogen (secondary N) is 1. The van der Waals surface area contributed by atoms with Gasteiger partial charge in [-0.1, -0.05) is 30.3 Å². The van der Waals surface area contributed by atoms with E-state index in [1.807, 2.05) is 29.9 Å². The van der Waals surface area contributed by atoms with Gasteiger partial charge in [0.1, 0.15) is 5.82 Å². The molecule has 0 aliphatic carbocycles. The van der Waals surface area contributed by atoms with Crippen molar-refractivity contribution < 1.29 is 4.74 Å². The number of aromatic nitrogens is 4. The molecule has 0 saturated carbocycles. The van der Waals surface area contributed by atoms with Crippen molar-refractivity contribution in [2.45, 2.75) is 19.5 Å². The van der Waals surface area contributed by atoms with Crippen LogP contribution in [0.1, 0.15) is 18.5 Å². The minimum Gasteiger partial charge on any atom is -0.379 e. The smallest absolute Gasteiger partial charge is 0.222 e. The van der Waals surface area contributed by atoms with Crippen molar-refractivity contribution in [3.8, 4) is 11.3 Å². The molecule has 0 radical (unpaired) electrons. The second kappa shape index (κ2) is 9.02. The van der Waals surface area contributed by atoms with Gasteiger partial charge in [0.25, 0.3) is 0 Å². The minimum atomic E-state index is 0.0785. The molecule has 1 aliphatic heterocycles. The fourth-order valence-corrected chi connectivity index (χ4v) is 3.50. The molecule has 2 aromatic heterocycles. The zero-order valence-corrected chi connectivity index (χ0v) is 16.7. The standard InChI is InChI=1S/C21H27N7O/c1-2-28-14-17(13-23-28)18-12-20(26-21(22)25-18)24-19(16-6-4-3-5-7-16)15-27-8-10-29-11-9-27/h3-7,12-14,19H,2,8-11,15H2,1H3,(H3,22,24,25,26)/t19-/m1/s1. The summed E-state index contributed by atoms with van der Waals surface area (Å²) in [7, 11) is 0. The van der Waals surface area contributed by atoms with Crippen molar-refractivity contribution in [2.75, 3.05) is 43.9 Å². The van der Waals surface area contributed by atoms with Gasteiger partial charge in [-0.2, -0.15) is 10.1 Å². The lowest BCUT2D eigenvalue weighted by molar-refractivity contribution is 0.0360. The summed E-state index contributed by atoms with van der Waals surface area (Å²) in [6.07, 6.45) is 3.77. The van der Waals surface area contributed by atoms with Crippen LogP contribution in [0.25, 0.3) is 11.3 Å². The molecule has 4 rings (SSSR count). The molecule has 29 heavy (non-hydrogen) atoms. The zero-order chi connectivity index (χ0) is 20.1. The summed E-state index contributed by atoms with van der Waals surface area (Å²) < 4.78 is 7.36. The van der Waals surface area contributed by atoms with E-state index in [0.29, 0.717) is 5.82 Å². The monoisotopic (exact) mass is 393 g/mol. The lowest BCUT2D eigenvalue weighted by atomic mass is 10.1. The number of anilines is 2. The molecule has 0 amide bonds. The molecule has 3 heterocycles. The maximum Gasteiger partial charge on any atom is 0.222 e. The van der Waals surface area contributed by atoms with Crippen LogP contribution in [0.3, 0.4) is 0 Å². The summed E-state index contributed by atoms with van der Waals surface area (Å²) in [4.78, 5) is 11.2. The van der Waals surface area contributed by atoms with E-state index in [0.717, 1.165) is 50.7 Å². The van der Waals surface area contributed by atoms with E-state index in [2.05, 4.69) is 49.5 Å². The van der Waals surface area contributed by atoms with Gasteiger partial charge in [-0.15, -0.1) is 0 Å². The molecule has 1 fully saturated rings. The normalized spacial score (nSPS) is 15.9. The maximum atomic E-state index is 6.02. The van der Waals surface area contributed by atoms with Crippen molar-refractivity contribution in [2.24, 2.45) is 0 Å². The molecule has 0 bridgehead atoms. The molecule has 1 aliphatic rings. The van der Waals surface area contributed by atoms with Gasteiger partial charge < -0.3 is 15.8 Å². The quantitative estimate of drug-likeness (QED) is 0.637. The number of nitrogens with zero attached hydrogens (tertiary/aromatic N) is 5. The topological polar surface area (TPSA) is 94.1 Å². The summed E-state index contributed by atoms with van der Waals surface area (Å²) in [5.41, 5.74) is 8.91. The van der Waals surface area contributed by atoms with Gasteiger partial charge in [-0.3, -0.25) is 9.58 Å². The van der Waals surface area contributed by atoms with Gasteiger partial charge >= 0.3 is 0 Å². The summed E-state index contributed by atoms with van der Waals surface area (Å²) in [5.74, 6) is 0.950. The largest absolute Gasteiger partial charge is 0.379 e. The van der Waals surface area contributed by atoms with Crippen LogP contribution >= 0.6 is 0 Å². The van der Waals surface area contributed by atoms with Crippen molar-refractivity contribution in [1.29, 1.82) is 0 Å². The number of nitrogens with two attached hydrogens (primary N) is 1. The average Bonchev–Trinajstić information content (AvgIpc) is 3.24. The molecular weight excluding hydrogens is 366 g/mol. The molecule has 1 atom stereocenters. The highest BCUT2D eigenvalue weighted by atomic mass is 16.5. The maximum absolute atomic E-state index is 6.02. The van der Waals surface area contributed by atoms with Gasteiger partial charge in [0.2, 0.25) is 5.95 Å². The van der Waals surface area contributed by atoms with Crippen molar-refractivity contribution in [3.05, 3.63) is 54.4 Å². The first kappa shape index (κ1) is 19.4. The molecule has 3 aromatic rings. The number of ether oxygens (including phenoxy) is 1. The predicted octanol–water partition coefficient (Wildman–Crippen LogP) is 2.43. The first-order valence-corrected chi connectivity index (χ1v) is 10.00. The molecule has 3 N–H and O–H groups in total. The second-order valence-corrected chi connectivity index (χ2v) is 7.10. The Kier molecular flexibility index (Phi) is 6.02. The fourth-order valence-electron chi connectivity index (χ4n) is 3.50. The minimum absolute atomic E-state index is 0.0785. The van der Waals surface area contributed by atoms with Crippen LogP contribution in [-0.2, 0) is 11.3 Å². The third kappa shape index (κ3) is 4.90. The van der Waals surface area contributed by atoms with Gasteiger partial charge in [0, 0.05) is 44.0 Å². The number of rotatable bonds is 7. The Balaban J connectivity index is 1.59. The first-order chi connectivity index (χ1) is 14.2. The summed E-state index contributed by atoms with van der Waals surface area (Å²) in [6.45, 7) is 7.12. The Bertz CT molecular complexity index is 922. The molecule has 0 spiro atoms. The van der Waals surface area contributed by atoms with E-state index >= 15 is 0 Å². The van der Waals surface area contributed by atoms with Gasteiger partial charge in [-0.05, 0) is 12.5 Å². The van der Waals surface area contributed by atoms with Gasteiger partial charge in [-0.25, -0.2) is 4.98 Å². The van der Waals surface area contributed by atoms with Crippen LogP contribution in [0.5, 0.6) is 0 Å². The van der Waals surface area contributed by atoms with Crippen LogP contribution < -0.4 is 11.1 Å². The highest BCUT2D eigenvalue weighted by Gasteiger charge is 2.19. The number of nitrogen functional groups attached to an aromatic ring is 1. The van der Waals surface area contributed by atoms with E-state index in [1.54, 1.807) is 6.20 Å². The first-order valence-electron chi connectivity index (χ1n) is 10.00. The lowest BCUT2D eigenvalue weighted by Crippen LogP contribution is -2.40. The molecule has 0 unspecified atom stereocenters. The van der Waals surface area contributed by atoms with Crippen molar-refractivity contribution in [3.63, 3.8) is 0 Å². The van der Waals surface area contributed by atoms with E-state index in [9.17, 15) is 0 Å². The molecule has 8 heteroatoms. The van der Waals surface area contributed by atoms with E-state index in [1.165, 1.54) is 5.56 Å². The van der Waals surface area contributed by atoms with Crippen LogP contribution in [0.4, 0.5) is 11.8 Å². The highest BCUT2D eigenvalue weighted by Crippen LogP contribution is 2.24.